The first-order chi connectivity index (χ1) is 27.9. The highest BCUT2D eigenvalue weighted by molar-refractivity contribution is 6.05. The monoisotopic (exact) mass is 789 g/mol. The molecule has 0 unspecified atom stereocenters. The molecule has 0 saturated carbocycles. The van der Waals surface area contributed by atoms with E-state index < -0.39 is 23.6 Å². The molecule has 58 heavy (non-hydrogen) atoms. The number of aromatic nitrogens is 8. The van der Waals surface area contributed by atoms with E-state index in [4.69, 9.17) is 30.9 Å². The molecule has 2 aromatic carbocycles. The van der Waals surface area contributed by atoms with Crippen LogP contribution in [0.4, 0.5) is 11.9 Å². The van der Waals surface area contributed by atoms with Gasteiger partial charge in [-0.15, -0.1) is 0 Å². The highest BCUT2D eigenvalue weighted by Crippen LogP contribution is 2.35. The molecule has 2 atom stereocenters. The van der Waals surface area contributed by atoms with E-state index in [2.05, 4.69) is 26.1 Å². The highest BCUT2D eigenvalue weighted by atomic mass is 16.5. The van der Waals surface area contributed by atoms with Gasteiger partial charge in [-0.05, 0) is 64.1 Å². The van der Waals surface area contributed by atoms with Crippen molar-refractivity contribution in [3.8, 4) is 11.5 Å². The molecule has 2 bridgehead atoms. The van der Waals surface area contributed by atoms with Gasteiger partial charge in [-0.2, -0.15) is 10.2 Å². The molecule has 4 aromatic heterocycles. The molecule has 1 fully saturated rings. The van der Waals surface area contributed by atoms with Gasteiger partial charge in [0, 0.05) is 56.3 Å². The van der Waals surface area contributed by atoms with Crippen molar-refractivity contribution in [1.29, 1.82) is 0 Å². The van der Waals surface area contributed by atoms with Crippen LogP contribution in [0, 0.1) is 13.8 Å². The number of carbonyl (C=O) groups excluding carboxylic acids is 4. The van der Waals surface area contributed by atoms with Crippen LogP contribution in [0.2, 0.25) is 0 Å². The van der Waals surface area contributed by atoms with Gasteiger partial charge in [0.05, 0.1) is 22.4 Å². The third kappa shape index (κ3) is 7.10. The predicted octanol–water partition coefficient (Wildman–Crippen LogP) is 2.90. The zero-order valence-corrected chi connectivity index (χ0v) is 32.4. The van der Waals surface area contributed by atoms with Gasteiger partial charge in [0.25, 0.3) is 11.8 Å². The van der Waals surface area contributed by atoms with Crippen LogP contribution in [0.3, 0.4) is 0 Å². The number of nitrogens with zero attached hydrogens (tertiary/aromatic N) is 8. The lowest BCUT2D eigenvalue weighted by Gasteiger charge is -2.18. The summed E-state index contributed by atoms with van der Waals surface area (Å²) in [7, 11) is 0. The summed E-state index contributed by atoms with van der Waals surface area (Å²) in [6.07, 6.45) is 3.90. The number of amides is 4. The summed E-state index contributed by atoms with van der Waals surface area (Å²) in [5.74, 6) is -1.04. The number of fused-ring (bicyclic) bond motifs is 2. The second-order valence-electron chi connectivity index (χ2n) is 14.2. The number of aryl methyl sites for hydroxylation is 4. The van der Waals surface area contributed by atoms with E-state index >= 15 is 0 Å². The fourth-order valence-corrected chi connectivity index (χ4v) is 7.49. The molecule has 0 spiro atoms. The molecule has 2 aliphatic heterocycles. The summed E-state index contributed by atoms with van der Waals surface area (Å²) in [5.41, 5.74) is 15.9. The Morgan fingerprint density at radius 2 is 1.26 bits per heavy atom. The van der Waals surface area contributed by atoms with E-state index in [1.54, 1.807) is 54.9 Å². The van der Waals surface area contributed by atoms with Crippen molar-refractivity contribution in [2.75, 3.05) is 23.8 Å². The molecule has 19 heteroatoms. The summed E-state index contributed by atoms with van der Waals surface area (Å²) < 4.78 is 19.8. The number of hydrogen-bond acceptors (Lipinski definition) is 11. The van der Waals surface area contributed by atoms with Gasteiger partial charge < -0.3 is 35.4 Å². The number of carbonyl (C=O) groups is 4. The van der Waals surface area contributed by atoms with E-state index in [0.29, 0.717) is 82.4 Å². The van der Waals surface area contributed by atoms with Crippen molar-refractivity contribution in [2.45, 2.75) is 72.4 Å². The average molecular weight is 790 g/mol. The Hall–Kier alpha value is -7.02. The molecule has 2 aliphatic rings. The third-order valence-electron chi connectivity index (χ3n) is 10.2. The average Bonchev–Trinajstić information content (AvgIpc) is 4.02. The first-order valence-corrected chi connectivity index (χ1v) is 19.0. The van der Waals surface area contributed by atoms with Crippen LogP contribution in [0.25, 0.3) is 22.1 Å². The van der Waals surface area contributed by atoms with Crippen molar-refractivity contribution >= 4 is 57.6 Å². The summed E-state index contributed by atoms with van der Waals surface area (Å²) >= 11 is 0. The van der Waals surface area contributed by atoms with Crippen LogP contribution in [0.1, 0.15) is 73.3 Å². The second kappa shape index (κ2) is 15.1. The molecule has 300 valence electrons. The number of rotatable bonds is 8. The summed E-state index contributed by atoms with van der Waals surface area (Å²) in [5, 5.41) is 18.2. The summed E-state index contributed by atoms with van der Waals surface area (Å²) in [6.45, 7) is 9.39. The molecule has 6 heterocycles. The molecule has 0 aliphatic carbocycles. The van der Waals surface area contributed by atoms with Crippen molar-refractivity contribution in [3.05, 3.63) is 82.5 Å². The maximum absolute atomic E-state index is 13.7. The Kier molecular flexibility index (Phi) is 9.89. The van der Waals surface area contributed by atoms with Gasteiger partial charge in [0.2, 0.25) is 23.7 Å². The number of imidazole rings is 2. The molecule has 0 radical (unpaired) electrons. The van der Waals surface area contributed by atoms with Crippen molar-refractivity contribution in [1.82, 2.24) is 44.0 Å². The zero-order valence-electron chi connectivity index (χ0n) is 32.4. The number of anilines is 2. The number of hydrogen-bond donors (Lipinski definition) is 5. The number of allylic oxidation sites excluding steroid dienone is 2. The molecule has 7 N–H and O–H groups in total. The molecule has 8 rings (SSSR count). The van der Waals surface area contributed by atoms with Gasteiger partial charge in [0.15, 0.2) is 0 Å². The lowest BCUT2D eigenvalue weighted by molar-refractivity contribution is 0.0991. The summed E-state index contributed by atoms with van der Waals surface area (Å²) in [4.78, 5) is 62.0. The van der Waals surface area contributed by atoms with E-state index in [-0.39, 0.29) is 54.9 Å². The number of nitrogens with two attached hydrogens (primary N) is 2. The molecular formula is C39H43N13O6. The van der Waals surface area contributed by atoms with Gasteiger partial charge in [0.1, 0.15) is 46.6 Å². The molecule has 19 nitrogen and oxygen atoms in total. The van der Waals surface area contributed by atoms with Gasteiger partial charge in [-0.1, -0.05) is 12.2 Å². The number of benzene rings is 2. The minimum Gasteiger partial charge on any atom is -0.490 e. The maximum Gasteiger partial charge on any atom is 0.276 e. The smallest absolute Gasteiger partial charge is 0.276 e. The third-order valence-corrected chi connectivity index (χ3v) is 10.2. The van der Waals surface area contributed by atoms with E-state index in [0.717, 1.165) is 0 Å². The van der Waals surface area contributed by atoms with Crippen LogP contribution >= 0.6 is 0 Å². The Morgan fingerprint density at radius 3 is 1.76 bits per heavy atom. The van der Waals surface area contributed by atoms with Crippen molar-refractivity contribution in [2.24, 2.45) is 11.5 Å². The first kappa shape index (κ1) is 37.9. The van der Waals surface area contributed by atoms with Gasteiger partial charge in [-0.25, -0.2) is 9.97 Å². The zero-order chi connectivity index (χ0) is 40.8. The largest absolute Gasteiger partial charge is 0.490 e. The minimum atomic E-state index is -0.665. The van der Waals surface area contributed by atoms with Crippen LogP contribution in [-0.4, -0.2) is 87.6 Å². The Bertz CT molecular complexity index is 2670. The van der Waals surface area contributed by atoms with Crippen LogP contribution in [0.15, 0.2) is 48.6 Å². The summed E-state index contributed by atoms with van der Waals surface area (Å²) in [6, 6.07) is 9.52. The fraction of sp³-hybridized carbons (Fsp3) is 0.333. The lowest BCUT2D eigenvalue weighted by Crippen LogP contribution is -2.28. The van der Waals surface area contributed by atoms with Gasteiger partial charge in [-0.3, -0.25) is 39.2 Å². The first-order valence-electron chi connectivity index (χ1n) is 19.0. The maximum atomic E-state index is 13.7. The van der Waals surface area contributed by atoms with Crippen molar-refractivity contribution < 1.29 is 28.7 Å². The minimum absolute atomic E-state index is 0.181. The quantitative estimate of drug-likeness (QED) is 0.140. The number of primary amides is 2. The van der Waals surface area contributed by atoms with Gasteiger partial charge >= 0.3 is 0 Å². The highest BCUT2D eigenvalue weighted by Gasteiger charge is 2.30. The van der Waals surface area contributed by atoms with E-state index in [9.17, 15) is 19.2 Å². The van der Waals surface area contributed by atoms with Crippen LogP contribution in [-0.2, 0) is 26.2 Å². The van der Waals surface area contributed by atoms with Crippen molar-refractivity contribution in [3.63, 3.8) is 0 Å². The Morgan fingerprint density at radius 1 is 0.759 bits per heavy atom. The molecule has 6 aromatic rings. The molecule has 1 saturated heterocycles. The lowest BCUT2D eigenvalue weighted by atomic mass is 10.1. The Balaban J connectivity index is 1.25. The number of ether oxygens (including phenoxy) is 2. The number of nitrogens with one attached hydrogen (secondary N) is 3. The van der Waals surface area contributed by atoms with E-state index in [1.807, 2.05) is 39.8 Å². The van der Waals surface area contributed by atoms with E-state index in [1.165, 1.54) is 0 Å². The second-order valence-corrected chi connectivity index (χ2v) is 14.2. The van der Waals surface area contributed by atoms with Crippen LogP contribution in [0.5, 0.6) is 11.5 Å². The SMILES string of the molecule is CCn1nc(C)cc1C(=O)Nc1nc2cc(C(N)=O)cc3c2n1C/C=C/Cn1c(NC(=O)c2cc(C)nn2CC)nc2cc(C(N)=O)cc(c21)O[C@H]1CN[C@@H](CO3)C1. The fourth-order valence-electron chi connectivity index (χ4n) is 7.49. The normalized spacial score (nSPS) is 17.2. The molecule has 4 amide bonds. The molecular weight excluding hydrogens is 747 g/mol. The van der Waals surface area contributed by atoms with Crippen LogP contribution < -0.4 is 36.9 Å². The Labute approximate surface area is 331 Å². The topological polar surface area (TPSA) is 246 Å². The standard InChI is InChI=1S/C39H43N13O6/c1-5-51-28(11-20(3)47-51)36(55)45-38-43-26-13-22(34(40)53)15-30-32(26)49(38)9-7-8-10-50-33-27(44-39(50)46-37(56)29-12-21(4)48-52(29)6-2)14-23(35(41)54)16-31(33)58-25-17-24(19-57-30)42-18-25/h7-8,11-16,24-25,42H,5-6,9-10,17-19H2,1-4H3,(H2,40,53)(H2,41,54)(H,43,45,55)(H,44,46,56)/b8-7+/t24-,25-/m1/s1. The predicted molar refractivity (Wildman–Crippen MR) is 213 cm³/mol.